The first-order valence-corrected chi connectivity index (χ1v) is 6.65. The van der Waals surface area contributed by atoms with Crippen molar-refractivity contribution in [2.75, 3.05) is 6.54 Å². The Balaban J connectivity index is 1.57. The normalized spacial score (nSPS) is 12.7. The molecule has 0 amide bonds. The molecule has 108 valence electrons. The van der Waals surface area contributed by atoms with Crippen LogP contribution in [0.4, 0.5) is 4.39 Å². The molecular formula is C15H15FN4O. The van der Waals surface area contributed by atoms with E-state index in [0.29, 0.717) is 18.7 Å². The minimum absolute atomic E-state index is 0.334. The number of halogens is 1. The lowest BCUT2D eigenvalue weighted by atomic mass is 10.1. The van der Waals surface area contributed by atoms with Crippen LogP contribution in [-0.4, -0.2) is 26.2 Å². The molecule has 1 aromatic carbocycles. The fourth-order valence-electron chi connectivity index (χ4n) is 2.12. The van der Waals surface area contributed by atoms with Crippen LogP contribution in [0.1, 0.15) is 17.2 Å². The number of hydrogen-bond acceptors (Lipinski definition) is 4. The summed E-state index contributed by atoms with van der Waals surface area (Å²) in [5.74, 6) is -0.347. The Kier molecular flexibility index (Phi) is 3.89. The van der Waals surface area contributed by atoms with Gasteiger partial charge in [0.05, 0.1) is 12.3 Å². The number of aliphatic hydroxyl groups excluding tert-OH is 1. The molecule has 0 fully saturated rings. The average Bonchev–Trinajstić information content (AvgIpc) is 2.94. The molecule has 0 spiro atoms. The second-order valence-electron chi connectivity index (χ2n) is 4.80. The van der Waals surface area contributed by atoms with Crippen molar-refractivity contribution in [3.05, 3.63) is 65.9 Å². The molecule has 3 rings (SSSR count). The molecule has 21 heavy (non-hydrogen) atoms. The summed E-state index contributed by atoms with van der Waals surface area (Å²) in [4.78, 5) is 4.26. The second-order valence-corrected chi connectivity index (χ2v) is 4.80. The van der Waals surface area contributed by atoms with Crippen LogP contribution in [0.25, 0.3) is 5.65 Å². The van der Waals surface area contributed by atoms with E-state index in [4.69, 9.17) is 0 Å². The van der Waals surface area contributed by atoms with E-state index in [0.717, 1.165) is 11.2 Å². The highest BCUT2D eigenvalue weighted by molar-refractivity contribution is 5.35. The van der Waals surface area contributed by atoms with Gasteiger partial charge in [-0.2, -0.15) is 5.10 Å². The van der Waals surface area contributed by atoms with Crippen LogP contribution in [0.5, 0.6) is 0 Å². The summed E-state index contributed by atoms with van der Waals surface area (Å²) < 4.78 is 14.8. The number of nitrogens with one attached hydrogen (secondary N) is 1. The van der Waals surface area contributed by atoms with Gasteiger partial charge in [0, 0.05) is 37.1 Å². The fraction of sp³-hybridized carbons (Fsp3) is 0.200. The average molecular weight is 286 g/mol. The number of aromatic nitrogens is 3. The Morgan fingerprint density at radius 3 is 3.10 bits per heavy atom. The third-order valence-electron chi connectivity index (χ3n) is 3.20. The van der Waals surface area contributed by atoms with E-state index in [-0.39, 0.29) is 5.82 Å². The zero-order chi connectivity index (χ0) is 14.7. The summed E-state index contributed by atoms with van der Waals surface area (Å²) >= 11 is 0. The molecule has 0 aliphatic heterocycles. The van der Waals surface area contributed by atoms with Crippen molar-refractivity contribution in [1.82, 2.24) is 19.9 Å². The maximum absolute atomic E-state index is 13.1. The molecule has 2 N–H and O–H groups in total. The maximum atomic E-state index is 13.1. The largest absolute Gasteiger partial charge is 0.387 e. The van der Waals surface area contributed by atoms with Gasteiger partial charge < -0.3 is 10.4 Å². The van der Waals surface area contributed by atoms with Crippen molar-refractivity contribution in [2.45, 2.75) is 12.6 Å². The lowest BCUT2D eigenvalue weighted by molar-refractivity contribution is 0.174. The van der Waals surface area contributed by atoms with Gasteiger partial charge in [-0.25, -0.2) is 13.9 Å². The molecule has 0 bridgehead atoms. The number of hydrogen-bond donors (Lipinski definition) is 2. The molecule has 0 aliphatic rings. The minimum Gasteiger partial charge on any atom is -0.387 e. The molecule has 0 radical (unpaired) electrons. The first-order valence-electron chi connectivity index (χ1n) is 6.65. The van der Waals surface area contributed by atoms with Gasteiger partial charge in [0.25, 0.3) is 0 Å². The van der Waals surface area contributed by atoms with E-state index >= 15 is 0 Å². The van der Waals surface area contributed by atoms with Gasteiger partial charge in [-0.3, -0.25) is 0 Å². The highest BCUT2D eigenvalue weighted by atomic mass is 19.1. The zero-order valence-corrected chi connectivity index (χ0v) is 11.3. The van der Waals surface area contributed by atoms with Crippen molar-refractivity contribution in [1.29, 1.82) is 0 Å². The van der Waals surface area contributed by atoms with E-state index in [1.54, 1.807) is 29.0 Å². The zero-order valence-electron chi connectivity index (χ0n) is 11.3. The van der Waals surface area contributed by atoms with Crippen LogP contribution < -0.4 is 5.32 Å². The van der Waals surface area contributed by atoms with Gasteiger partial charge >= 0.3 is 0 Å². The summed E-state index contributed by atoms with van der Waals surface area (Å²) in [5.41, 5.74) is 2.30. The van der Waals surface area contributed by atoms with Gasteiger partial charge in [-0.15, -0.1) is 0 Å². The second kappa shape index (κ2) is 5.99. The van der Waals surface area contributed by atoms with Crippen molar-refractivity contribution in [3.63, 3.8) is 0 Å². The summed E-state index contributed by atoms with van der Waals surface area (Å²) in [5, 5.41) is 17.2. The quantitative estimate of drug-likeness (QED) is 0.749. The lowest BCUT2D eigenvalue weighted by Crippen LogP contribution is -2.21. The molecule has 5 nitrogen and oxygen atoms in total. The van der Waals surface area contributed by atoms with Gasteiger partial charge in [-0.05, 0) is 17.7 Å². The lowest BCUT2D eigenvalue weighted by Gasteiger charge is -2.12. The third kappa shape index (κ3) is 3.24. The fourth-order valence-corrected chi connectivity index (χ4v) is 2.12. The van der Waals surface area contributed by atoms with Gasteiger partial charge in [-0.1, -0.05) is 12.1 Å². The molecule has 0 saturated heterocycles. The maximum Gasteiger partial charge on any atom is 0.154 e. The molecule has 2 aromatic heterocycles. The molecule has 6 heteroatoms. The molecule has 3 aromatic rings. The van der Waals surface area contributed by atoms with Gasteiger partial charge in [0.1, 0.15) is 5.82 Å². The van der Waals surface area contributed by atoms with Crippen molar-refractivity contribution < 1.29 is 9.50 Å². The Morgan fingerprint density at radius 2 is 2.24 bits per heavy atom. The Morgan fingerprint density at radius 1 is 1.33 bits per heavy atom. The number of fused-ring (bicyclic) bond motifs is 1. The van der Waals surface area contributed by atoms with Crippen LogP contribution >= 0.6 is 0 Å². The van der Waals surface area contributed by atoms with Gasteiger partial charge in [0.2, 0.25) is 0 Å². The van der Waals surface area contributed by atoms with Crippen LogP contribution in [0.2, 0.25) is 0 Å². The molecular weight excluding hydrogens is 271 g/mol. The molecule has 0 aliphatic carbocycles. The van der Waals surface area contributed by atoms with E-state index in [1.165, 1.54) is 12.1 Å². The SMILES string of the molecule is OC(CNCc1cnc2ccnn2c1)c1cccc(F)c1. The Hall–Kier alpha value is -2.31. The van der Waals surface area contributed by atoms with Crippen LogP contribution in [-0.2, 0) is 6.54 Å². The smallest absolute Gasteiger partial charge is 0.154 e. The van der Waals surface area contributed by atoms with Crippen molar-refractivity contribution >= 4 is 5.65 Å². The number of nitrogens with zero attached hydrogens (tertiary/aromatic N) is 3. The van der Waals surface area contributed by atoms with Crippen LogP contribution in [0.15, 0.2) is 48.9 Å². The minimum atomic E-state index is -0.748. The summed E-state index contributed by atoms with van der Waals surface area (Å²) in [6, 6.07) is 7.81. The highest BCUT2D eigenvalue weighted by Crippen LogP contribution is 2.13. The first-order chi connectivity index (χ1) is 10.2. The molecule has 1 unspecified atom stereocenters. The van der Waals surface area contributed by atoms with Crippen LogP contribution in [0, 0.1) is 5.82 Å². The van der Waals surface area contributed by atoms with E-state index < -0.39 is 6.10 Å². The number of rotatable bonds is 5. The Bertz CT molecular complexity index is 743. The van der Waals surface area contributed by atoms with E-state index in [9.17, 15) is 9.50 Å². The van der Waals surface area contributed by atoms with Gasteiger partial charge in [0.15, 0.2) is 5.65 Å². The highest BCUT2D eigenvalue weighted by Gasteiger charge is 2.08. The van der Waals surface area contributed by atoms with Crippen molar-refractivity contribution in [2.24, 2.45) is 0 Å². The summed E-state index contributed by atoms with van der Waals surface area (Å²) in [6.07, 6.45) is 4.58. The topological polar surface area (TPSA) is 62.5 Å². The predicted octanol–water partition coefficient (Wildman–Crippen LogP) is 1.69. The molecule has 2 heterocycles. The van der Waals surface area contributed by atoms with Crippen LogP contribution in [0.3, 0.4) is 0 Å². The predicted molar refractivity (Wildman–Crippen MR) is 76.1 cm³/mol. The molecule has 0 saturated carbocycles. The molecule has 1 atom stereocenters. The third-order valence-corrected chi connectivity index (χ3v) is 3.20. The van der Waals surface area contributed by atoms with E-state index in [2.05, 4.69) is 15.4 Å². The first kappa shape index (κ1) is 13.7. The Labute approximate surface area is 121 Å². The summed E-state index contributed by atoms with van der Waals surface area (Å²) in [7, 11) is 0. The summed E-state index contributed by atoms with van der Waals surface area (Å²) in [6.45, 7) is 0.885. The monoisotopic (exact) mass is 286 g/mol. The number of aliphatic hydroxyl groups is 1. The standard InChI is InChI=1S/C15H15FN4O/c16-13-3-1-2-12(6-13)14(21)9-17-7-11-8-18-15-4-5-19-20(15)10-11/h1-6,8,10,14,17,21H,7,9H2. The van der Waals surface area contributed by atoms with Crippen molar-refractivity contribution in [3.8, 4) is 0 Å². The number of benzene rings is 1. The van der Waals surface area contributed by atoms with E-state index in [1.807, 2.05) is 12.3 Å².